The molecule has 1 saturated heterocycles. The summed E-state index contributed by atoms with van der Waals surface area (Å²) in [5.41, 5.74) is 0.364. The van der Waals surface area contributed by atoms with Gasteiger partial charge in [0.05, 0.1) is 13.2 Å². The predicted molar refractivity (Wildman–Crippen MR) is 110 cm³/mol. The van der Waals surface area contributed by atoms with E-state index >= 15 is 0 Å². The largest absolute Gasteiger partial charge is 0.484 e. The van der Waals surface area contributed by atoms with E-state index < -0.39 is 30.1 Å². The van der Waals surface area contributed by atoms with Crippen molar-refractivity contribution in [2.45, 2.75) is 18.5 Å². The van der Waals surface area contributed by atoms with Gasteiger partial charge in [0.2, 0.25) is 0 Å². The quantitative estimate of drug-likeness (QED) is 0.547. The molecule has 35 heavy (non-hydrogen) atoms. The van der Waals surface area contributed by atoms with Crippen LogP contribution in [0.15, 0.2) is 48.5 Å². The lowest BCUT2D eigenvalue weighted by Crippen LogP contribution is -2.47. The van der Waals surface area contributed by atoms with E-state index in [1.54, 1.807) is 4.90 Å². The molecule has 13 heteroatoms. The average molecular weight is 506 g/mol. The first kappa shape index (κ1) is 26.1. The molecule has 1 fully saturated rings. The van der Waals surface area contributed by atoms with E-state index in [0.29, 0.717) is 37.7 Å². The lowest BCUT2D eigenvalue weighted by Gasteiger charge is -2.26. The van der Waals surface area contributed by atoms with Crippen LogP contribution in [0.2, 0.25) is 0 Å². The Labute approximate surface area is 195 Å². The van der Waals surface area contributed by atoms with Crippen molar-refractivity contribution in [3.05, 3.63) is 54.1 Å². The van der Waals surface area contributed by atoms with E-state index in [0.717, 1.165) is 24.3 Å². The van der Waals surface area contributed by atoms with Crippen LogP contribution in [0, 0.1) is 0 Å². The standard InChI is InChI=1S/C22H20F6N2O5/c23-20(21(24,25)22(26,27)28)35-17-5-1-14(2-6-17)19(32)29-15-3-7-16(8-4-15)34-13-18(31)30-9-11-33-12-10-30/h1-8,20H,9-13H2,(H,29,32)/t20-/m0/s1. The Bertz CT molecular complexity index is 1010. The third-order valence-electron chi connectivity index (χ3n) is 4.86. The van der Waals surface area contributed by atoms with Crippen molar-refractivity contribution < 1.29 is 50.1 Å². The van der Waals surface area contributed by atoms with E-state index in [2.05, 4.69) is 10.1 Å². The smallest absolute Gasteiger partial charge is 0.460 e. The number of anilines is 1. The molecule has 0 aromatic heterocycles. The van der Waals surface area contributed by atoms with E-state index in [1.807, 2.05) is 0 Å². The van der Waals surface area contributed by atoms with Gasteiger partial charge in [0.1, 0.15) is 11.5 Å². The minimum Gasteiger partial charge on any atom is -0.484 e. The molecule has 7 nitrogen and oxygen atoms in total. The third kappa shape index (κ3) is 6.78. The van der Waals surface area contributed by atoms with Crippen molar-refractivity contribution in [1.82, 2.24) is 4.90 Å². The Morgan fingerprint density at radius 1 is 0.943 bits per heavy atom. The van der Waals surface area contributed by atoms with Gasteiger partial charge in [0.25, 0.3) is 11.8 Å². The molecule has 0 saturated carbocycles. The highest BCUT2D eigenvalue weighted by Gasteiger charge is 2.65. The highest BCUT2D eigenvalue weighted by Crippen LogP contribution is 2.40. The number of carbonyl (C=O) groups is 2. The number of alkyl halides is 6. The maximum absolute atomic E-state index is 13.3. The highest BCUT2D eigenvalue weighted by molar-refractivity contribution is 6.04. The third-order valence-corrected chi connectivity index (χ3v) is 4.86. The van der Waals surface area contributed by atoms with Crippen molar-refractivity contribution in [1.29, 1.82) is 0 Å². The normalized spacial score (nSPS) is 15.3. The molecule has 2 aromatic rings. The van der Waals surface area contributed by atoms with Crippen LogP contribution in [0.5, 0.6) is 11.5 Å². The van der Waals surface area contributed by atoms with E-state index in [4.69, 9.17) is 9.47 Å². The first-order chi connectivity index (χ1) is 16.5. The molecular weight excluding hydrogens is 486 g/mol. The van der Waals surface area contributed by atoms with Crippen molar-refractivity contribution in [2.75, 3.05) is 38.2 Å². The number of ether oxygens (including phenoxy) is 3. The number of nitrogens with one attached hydrogen (secondary N) is 1. The van der Waals surface area contributed by atoms with Crippen LogP contribution in [0.25, 0.3) is 0 Å². The predicted octanol–water partition coefficient (Wildman–Crippen LogP) is 4.05. The molecule has 1 atom stereocenters. The molecule has 0 unspecified atom stereocenters. The fourth-order valence-corrected chi connectivity index (χ4v) is 2.89. The van der Waals surface area contributed by atoms with Gasteiger partial charge in [0.15, 0.2) is 6.61 Å². The molecule has 3 rings (SSSR count). The molecule has 190 valence electrons. The Balaban J connectivity index is 1.51. The SMILES string of the molecule is O=C(Nc1ccc(OCC(=O)N2CCOCC2)cc1)c1ccc(O[C@H](F)C(F)(F)C(F)(F)F)cc1. The van der Waals surface area contributed by atoms with Crippen LogP contribution in [0.4, 0.5) is 32.0 Å². The van der Waals surface area contributed by atoms with Gasteiger partial charge in [-0.2, -0.15) is 26.3 Å². The molecule has 1 N–H and O–H groups in total. The van der Waals surface area contributed by atoms with Gasteiger partial charge in [0, 0.05) is 24.3 Å². The minimum absolute atomic E-state index is 0.00627. The van der Waals surface area contributed by atoms with Crippen LogP contribution in [0.3, 0.4) is 0 Å². The maximum atomic E-state index is 13.3. The molecule has 1 heterocycles. The van der Waals surface area contributed by atoms with Crippen molar-refractivity contribution in [2.24, 2.45) is 0 Å². The first-order valence-corrected chi connectivity index (χ1v) is 10.2. The molecule has 2 amide bonds. The molecular formula is C22H20F6N2O5. The lowest BCUT2D eigenvalue weighted by atomic mass is 10.2. The van der Waals surface area contributed by atoms with Crippen molar-refractivity contribution >= 4 is 17.5 Å². The fourth-order valence-electron chi connectivity index (χ4n) is 2.89. The molecule has 0 spiro atoms. The zero-order valence-corrected chi connectivity index (χ0v) is 18.0. The second kappa shape index (κ2) is 10.8. The van der Waals surface area contributed by atoms with Crippen LogP contribution in [-0.4, -0.2) is 68.1 Å². The van der Waals surface area contributed by atoms with Crippen LogP contribution < -0.4 is 14.8 Å². The van der Waals surface area contributed by atoms with Gasteiger partial charge in [-0.1, -0.05) is 0 Å². The monoisotopic (exact) mass is 506 g/mol. The van der Waals surface area contributed by atoms with Crippen molar-refractivity contribution in [3.63, 3.8) is 0 Å². The van der Waals surface area contributed by atoms with E-state index in [9.17, 15) is 35.9 Å². The molecule has 0 radical (unpaired) electrons. The summed E-state index contributed by atoms with van der Waals surface area (Å²) in [5.74, 6) is -6.74. The number of rotatable bonds is 8. The minimum atomic E-state index is -6.12. The second-order valence-corrected chi connectivity index (χ2v) is 7.34. The topological polar surface area (TPSA) is 77.1 Å². The molecule has 0 aliphatic carbocycles. The summed E-state index contributed by atoms with van der Waals surface area (Å²) in [6.07, 6.45) is -10.1. The van der Waals surface area contributed by atoms with Crippen LogP contribution >= 0.6 is 0 Å². The summed E-state index contributed by atoms with van der Waals surface area (Å²) >= 11 is 0. The zero-order chi connectivity index (χ0) is 25.6. The van der Waals surface area contributed by atoms with Gasteiger partial charge >= 0.3 is 18.5 Å². The number of hydrogen-bond acceptors (Lipinski definition) is 5. The Kier molecular flexibility index (Phi) is 8.10. The summed E-state index contributed by atoms with van der Waals surface area (Å²) in [6.45, 7) is 1.78. The molecule has 0 bridgehead atoms. The fraction of sp³-hybridized carbons (Fsp3) is 0.364. The number of morpholine rings is 1. The van der Waals surface area contributed by atoms with Gasteiger partial charge in [-0.15, -0.1) is 0 Å². The summed E-state index contributed by atoms with van der Waals surface area (Å²) < 4.78 is 90.4. The van der Waals surface area contributed by atoms with E-state index in [1.165, 1.54) is 24.3 Å². The Morgan fingerprint density at radius 3 is 2.09 bits per heavy atom. The number of halogens is 6. The molecule has 2 aromatic carbocycles. The van der Waals surface area contributed by atoms with Gasteiger partial charge in [-0.3, -0.25) is 9.59 Å². The number of benzene rings is 2. The summed E-state index contributed by atoms with van der Waals surface area (Å²) in [5, 5.41) is 2.54. The Morgan fingerprint density at radius 2 is 1.51 bits per heavy atom. The highest BCUT2D eigenvalue weighted by atomic mass is 19.4. The lowest BCUT2D eigenvalue weighted by molar-refractivity contribution is -0.328. The summed E-state index contributed by atoms with van der Waals surface area (Å²) in [4.78, 5) is 26.0. The summed E-state index contributed by atoms with van der Waals surface area (Å²) in [6, 6.07) is 9.98. The maximum Gasteiger partial charge on any atom is 0.460 e. The Hall–Kier alpha value is -3.48. The molecule has 1 aliphatic heterocycles. The first-order valence-electron chi connectivity index (χ1n) is 10.2. The van der Waals surface area contributed by atoms with Gasteiger partial charge < -0.3 is 24.4 Å². The second-order valence-electron chi connectivity index (χ2n) is 7.34. The summed E-state index contributed by atoms with van der Waals surface area (Å²) in [7, 11) is 0. The molecule has 1 aliphatic rings. The average Bonchev–Trinajstić information content (AvgIpc) is 2.83. The van der Waals surface area contributed by atoms with Crippen molar-refractivity contribution in [3.8, 4) is 11.5 Å². The number of carbonyl (C=O) groups excluding carboxylic acids is 2. The van der Waals surface area contributed by atoms with Gasteiger partial charge in [-0.25, -0.2) is 0 Å². The zero-order valence-electron chi connectivity index (χ0n) is 18.0. The number of nitrogens with zero attached hydrogens (tertiary/aromatic N) is 1. The number of amides is 2. The van der Waals surface area contributed by atoms with Crippen LogP contribution in [-0.2, 0) is 9.53 Å². The van der Waals surface area contributed by atoms with Gasteiger partial charge in [-0.05, 0) is 48.5 Å². The number of hydrogen-bond donors (Lipinski definition) is 1. The van der Waals surface area contributed by atoms with E-state index in [-0.39, 0.29) is 18.1 Å². The van der Waals surface area contributed by atoms with Crippen LogP contribution in [0.1, 0.15) is 10.4 Å².